The van der Waals surface area contributed by atoms with Gasteiger partial charge >= 0.3 is 0 Å². The molecule has 0 aromatic heterocycles. The first-order valence-electron chi connectivity index (χ1n) is 9.54. The van der Waals surface area contributed by atoms with E-state index in [4.69, 9.17) is 4.74 Å². The van der Waals surface area contributed by atoms with E-state index in [1.54, 1.807) is 31.4 Å². The van der Waals surface area contributed by atoms with E-state index < -0.39 is 0 Å². The Hall–Kier alpha value is -2.82. The van der Waals surface area contributed by atoms with Gasteiger partial charge in [0, 0.05) is 11.7 Å². The average Bonchev–Trinajstić information content (AvgIpc) is 2.96. The summed E-state index contributed by atoms with van der Waals surface area (Å²) in [4.78, 5) is 27.5. The molecule has 4 rings (SSSR count). The SMILES string of the molecule is CCCC[C@H]1Nc2ccc(OC)cc2C[C@H]1N1C(=O)c2ccccc2C1=O. The van der Waals surface area contributed by atoms with Gasteiger partial charge in [0.25, 0.3) is 11.8 Å². The van der Waals surface area contributed by atoms with Crippen LogP contribution in [-0.2, 0) is 6.42 Å². The number of nitrogens with zero attached hydrogens (tertiary/aromatic N) is 1. The molecule has 0 aliphatic carbocycles. The zero-order valence-corrected chi connectivity index (χ0v) is 15.7. The lowest BCUT2D eigenvalue weighted by molar-refractivity contribution is 0.0559. The minimum Gasteiger partial charge on any atom is -0.497 e. The number of amides is 2. The highest BCUT2D eigenvalue weighted by Crippen LogP contribution is 2.35. The van der Waals surface area contributed by atoms with Crippen LogP contribution in [0.5, 0.6) is 5.75 Å². The largest absolute Gasteiger partial charge is 0.497 e. The first-order valence-corrected chi connectivity index (χ1v) is 9.54. The molecule has 0 bridgehead atoms. The summed E-state index contributed by atoms with van der Waals surface area (Å²) >= 11 is 0. The molecule has 2 heterocycles. The molecule has 2 atom stereocenters. The predicted octanol–water partition coefficient (Wildman–Crippen LogP) is 3.89. The number of nitrogens with one attached hydrogen (secondary N) is 1. The molecule has 5 nitrogen and oxygen atoms in total. The van der Waals surface area contributed by atoms with Crippen molar-refractivity contribution < 1.29 is 14.3 Å². The normalized spacial score (nSPS) is 20.9. The van der Waals surface area contributed by atoms with E-state index in [0.717, 1.165) is 36.3 Å². The number of ether oxygens (including phenoxy) is 1. The molecule has 0 saturated carbocycles. The van der Waals surface area contributed by atoms with Crippen LogP contribution in [0.1, 0.15) is 52.5 Å². The zero-order valence-electron chi connectivity index (χ0n) is 15.7. The van der Waals surface area contributed by atoms with E-state index in [-0.39, 0.29) is 23.9 Å². The summed E-state index contributed by atoms with van der Waals surface area (Å²) in [7, 11) is 1.64. The van der Waals surface area contributed by atoms with Crippen molar-refractivity contribution in [1.82, 2.24) is 4.90 Å². The standard InChI is InChI=1S/C22H24N2O3/c1-3-4-9-19-20(13-14-12-15(27-2)10-11-18(14)23-19)24-21(25)16-7-5-6-8-17(16)22(24)26/h5-8,10-12,19-20,23H,3-4,9,13H2,1-2H3/t19-,20-/m1/s1. The Labute approximate surface area is 159 Å². The second-order valence-corrected chi connectivity index (χ2v) is 7.21. The van der Waals surface area contributed by atoms with Gasteiger partial charge in [0.15, 0.2) is 0 Å². The van der Waals surface area contributed by atoms with E-state index in [0.29, 0.717) is 17.5 Å². The molecule has 2 aliphatic rings. The topological polar surface area (TPSA) is 58.6 Å². The minimum absolute atomic E-state index is 0.0491. The summed E-state index contributed by atoms with van der Waals surface area (Å²) in [5, 5.41) is 3.58. The number of imide groups is 1. The Morgan fingerprint density at radius 1 is 1.11 bits per heavy atom. The molecule has 1 N–H and O–H groups in total. The van der Waals surface area contributed by atoms with Gasteiger partial charge in [0.05, 0.1) is 24.3 Å². The first kappa shape index (κ1) is 17.6. The zero-order chi connectivity index (χ0) is 19.0. The average molecular weight is 364 g/mol. The van der Waals surface area contributed by atoms with E-state index in [9.17, 15) is 9.59 Å². The van der Waals surface area contributed by atoms with Crippen LogP contribution in [-0.4, -0.2) is 35.9 Å². The molecule has 0 saturated heterocycles. The van der Waals surface area contributed by atoms with Crippen LogP contribution in [0.15, 0.2) is 42.5 Å². The molecule has 0 spiro atoms. The van der Waals surface area contributed by atoms with Crippen LogP contribution in [0, 0.1) is 0 Å². The lowest BCUT2D eigenvalue weighted by Crippen LogP contribution is -2.53. The fourth-order valence-electron chi connectivity index (χ4n) is 4.14. The molecule has 2 aromatic rings. The van der Waals surface area contributed by atoms with Crippen molar-refractivity contribution in [1.29, 1.82) is 0 Å². The molecular weight excluding hydrogens is 340 g/mol. The maximum Gasteiger partial charge on any atom is 0.261 e. The maximum atomic E-state index is 13.0. The first-order chi connectivity index (χ1) is 13.1. The number of rotatable bonds is 5. The monoisotopic (exact) mass is 364 g/mol. The molecule has 140 valence electrons. The highest BCUT2D eigenvalue weighted by Gasteiger charge is 2.44. The molecule has 27 heavy (non-hydrogen) atoms. The van der Waals surface area contributed by atoms with Crippen LogP contribution in [0.3, 0.4) is 0 Å². The van der Waals surface area contributed by atoms with Crippen molar-refractivity contribution in [3.63, 3.8) is 0 Å². The second-order valence-electron chi connectivity index (χ2n) is 7.21. The predicted molar refractivity (Wildman–Crippen MR) is 104 cm³/mol. The molecule has 2 aromatic carbocycles. The van der Waals surface area contributed by atoms with Gasteiger partial charge in [-0.2, -0.15) is 0 Å². The number of unbranched alkanes of at least 4 members (excludes halogenated alkanes) is 1. The summed E-state index contributed by atoms with van der Waals surface area (Å²) in [6.07, 6.45) is 3.67. The number of anilines is 1. The molecule has 2 amide bonds. The number of methoxy groups -OCH3 is 1. The second kappa shape index (κ2) is 7.06. The molecule has 0 unspecified atom stereocenters. The summed E-state index contributed by atoms with van der Waals surface area (Å²) in [6.45, 7) is 2.15. The van der Waals surface area contributed by atoms with Gasteiger partial charge in [-0.05, 0) is 48.7 Å². The molecule has 5 heteroatoms. The van der Waals surface area contributed by atoms with E-state index in [1.165, 1.54) is 4.90 Å². The number of benzene rings is 2. The van der Waals surface area contributed by atoms with E-state index in [1.807, 2.05) is 18.2 Å². The van der Waals surface area contributed by atoms with Crippen LogP contribution in [0.2, 0.25) is 0 Å². The Morgan fingerprint density at radius 3 is 2.44 bits per heavy atom. The van der Waals surface area contributed by atoms with Gasteiger partial charge in [-0.1, -0.05) is 31.9 Å². The van der Waals surface area contributed by atoms with Crippen molar-refractivity contribution >= 4 is 17.5 Å². The van der Waals surface area contributed by atoms with Gasteiger partial charge in [-0.25, -0.2) is 0 Å². The Balaban J connectivity index is 1.70. The van der Waals surface area contributed by atoms with E-state index in [2.05, 4.69) is 12.2 Å². The number of fused-ring (bicyclic) bond motifs is 2. The maximum absolute atomic E-state index is 13.0. The smallest absolute Gasteiger partial charge is 0.261 e. The van der Waals surface area contributed by atoms with Crippen LogP contribution < -0.4 is 10.1 Å². The lowest BCUT2D eigenvalue weighted by Gasteiger charge is -2.39. The summed E-state index contributed by atoms with van der Waals surface area (Å²) in [6, 6.07) is 12.9. The Morgan fingerprint density at radius 2 is 1.81 bits per heavy atom. The highest BCUT2D eigenvalue weighted by atomic mass is 16.5. The third kappa shape index (κ3) is 2.97. The van der Waals surface area contributed by atoms with Crippen molar-refractivity contribution in [2.45, 2.75) is 44.7 Å². The van der Waals surface area contributed by atoms with Crippen LogP contribution in [0.4, 0.5) is 5.69 Å². The van der Waals surface area contributed by atoms with Crippen molar-refractivity contribution in [3.05, 3.63) is 59.2 Å². The van der Waals surface area contributed by atoms with Gasteiger partial charge in [0.2, 0.25) is 0 Å². The van der Waals surface area contributed by atoms with Crippen molar-refractivity contribution in [2.24, 2.45) is 0 Å². The Kier molecular flexibility index (Phi) is 4.60. The van der Waals surface area contributed by atoms with E-state index >= 15 is 0 Å². The number of carbonyl (C=O) groups is 2. The van der Waals surface area contributed by atoms with Crippen molar-refractivity contribution in [2.75, 3.05) is 12.4 Å². The third-order valence-corrected chi connectivity index (χ3v) is 5.57. The Bertz CT molecular complexity index is 858. The summed E-state index contributed by atoms with van der Waals surface area (Å²) < 4.78 is 5.35. The quantitative estimate of drug-likeness (QED) is 0.818. The fraction of sp³-hybridized carbons (Fsp3) is 0.364. The number of hydrogen-bond donors (Lipinski definition) is 1. The van der Waals surface area contributed by atoms with Gasteiger partial charge in [0.1, 0.15) is 5.75 Å². The number of hydrogen-bond acceptors (Lipinski definition) is 4. The van der Waals surface area contributed by atoms with Gasteiger partial charge in [-0.15, -0.1) is 0 Å². The van der Waals surface area contributed by atoms with Crippen LogP contribution in [0.25, 0.3) is 0 Å². The lowest BCUT2D eigenvalue weighted by atomic mass is 9.89. The van der Waals surface area contributed by atoms with Gasteiger partial charge < -0.3 is 10.1 Å². The highest BCUT2D eigenvalue weighted by molar-refractivity contribution is 6.21. The minimum atomic E-state index is -0.205. The van der Waals surface area contributed by atoms with Gasteiger partial charge in [-0.3, -0.25) is 14.5 Å². The molecular formula is C22H24N2O3. The summed E-state index contributed by atoms with van der Waals surface area (Å²) in [5.41, 5.74) is 3.15. The number of carbonyl (C=O) groups excluding carboxylic acids is 2. The van der Waals surface area contributed by atoms with Crippen molar-refractivity contribution in [3.8, 4) is 5.75 Å². The molecule has 2 aliphatic heterocycles. The summed E-state index contributed by atoms with van der Waals surface area (Å²) in [5.74, 6) is 0.411. The van der Waals surface area contributed by atoms with Crippen LogP contribution >= 0.6 is 0 Å². The molecule has 0 fully saturated rings. The third-order valence-electron chi connectivity index (χ3n) is 5.57. The molecule has 0 radical (unpaired) electrons. The fourth-order valence-corrected chi connectivity index (χ4v) is 4.14.